The highest BCUT2D eigenvalue weighted by molar-refractivity contribution is 6.26. The molecule has 1 amide bonds. The molecule has 0 aromatic heterocycles. The molecule has 0 aromatic carbocycles. The molecule has 1 spiro atoms. The highest BCUT2D eigenvalue weighted by Gasteiger charge is 2.65. The van der Waals surface area contributed by atoms with Gasteiger partial charge in [0.05, 0.1) is 86.6 Å². The number of nitro groups is 1. The van der Waals surface area contributed by atoms with Crippen LogP contribution in [0.4, 0.5) is 4.79 Å². The number of carbonyl (C=O) groups excluding carboxylic acids is 5. The van der Waals surface area contributed by atoms with Gasteiger partial charge in [-0.25, -0.2) is 9.59 Å². The van der Waals surface area contributed by atoms with E-state index in [9.17, 15) is 49.7 Å². The van der Waals surface area contributed by atoms with Crippen LogP contribution in [0.1, 0.15) is 147 Å². The lowest BCUT2D eigenvalue weighted by Crippen LogP contribution is -2.65. The Balaban J connectivity index is 0.904. The van der Waals surface area contributed by atoms with Crippen molar-refractivity contribution in [3.8, 4) is 0 Å². The number of methoxy groups -OCH3 is 1. The third-order valence-electron chi connectivity index (χ3n) is 21.7. The summed E-state index contributed by atoms with van der Waals surface area (Å²) in [7, 11) is 1.15. The van der Waals surface area contributed by atoms with Crippen LogP contribution in [-0.2, 0) is 80.8 Å². The van der Waals surface area contributed by atoms with Gasteiger partial charge < -0.3 is 87.3 Å². The highest BCUT2D eigenvalue weighted by Crippen LogP contribution is 2.61. The van der Waals surface area contributed by atoms with Crippen molar-refractivity contribution >= 4 is 30.1 Å². The molecule has 4 aliphatic carbocycles. The van der Waals surface area contributed by atoms with E-state index in [-0.39, 0.29) is 43.1 Å². The number of fused-ring (bicyclic) bond motifs is 4. The Morgan fingerprint density at radius 2 is 1.35 bits per heavy atom. The third kappa shape index (κ3) is 14.0. The average molecular weight is 1310 g/mol. The van der Waals surface area contributed by atoms with Crippen molar-refractivity contribution in [2.24, 2.45) is 40.9 Å². The molecular formula is C67H96N2O24. The molecular weight excluding hydrogens is 1220 g/mol. The normalized spacial score (nSPS) is 48.2. The number of esters is 2. The largest absolute Gasteiger partial charge is 0.511 e. The summed E-state index contributed by atoms with van der Waals surface area (Å²) in [5.41, 5.74) is -4.91. The number of alkyl carbamates (subject to hydrolysis) is 1. The zero-order chi connectivity index (χ0) is 67.5. The summed E-state index contributed by atoms with van der Waals surface area (Å²) in [6.07, 6.45) is -4.21. The number of hydrogen-bond donors (Lipinski definition) is 5. The molecule has 0 unspecified atom stereocenters. The standard InChI is InChI=1S/C67H96N2O24/c1-30-14-18-47(88-54-28-65(11,69(79)80)60(38(9)86-54)68-64(78)81-13)31(2)23-43-45(73)24-40(29-70)27-67(43)62(76)55(63(77)93-67)61(75)66(12)42(30)16-15-41-56(66)32(3)22-33(4)57(41)92-53-26-49(59(37(8)85-53)87-39(10)71)90-50-21-19-48(35(6)83-50)89-52-25-46(74)58(36(7)84-52)91-51-20-17-44(72)34(5)82-51/h14-16,23-24,29,32-38,41-54,56-60,72-75H,17-22,25-28H2,1-13H3,(H,68,78)/b30-14+,31-23+,61-55-/t32-,33-,34-,35-,36-,37-,38+,41-,42-,43+,44+,45-,46+,47-,48+,49+,50-,51-,52-,53-,54-,56+,57-,58-,59-,60-,65-,66+,67-/m0/s1. The van der Waals surface area contributed by atoms with E-state index in [1.807, 2.05) is 39.8 Å². The molecule has 29 atom stereocenters. The van der Waals surface area contributed by atoms with Gasteiger partial charge in [0.1, 0.15) is 35.9 Å². The Hall–Kier alpha value is -5.07. The van der Waals surface area contributed by atoms with E-state index < -0.39 is 210 Å². The van der Waals surface area contributed by atoms with Crippen LogP contribution in [0.3, 0.4) is 0 Å². The van der Waals surface area contributed by atoms with Gasteiger partial charge in [0.25, 0.3) is 0 Å². The van der Waals surface area contributed by atoms with E-state index >= 15 is 4.79 Å². The van der Waals surface area contributed by atoms with Crippen molar-refractivity contribution in [2.75, 3.05) is 7.11 Å². The van der Waals surface area contributed by atoms with Gasteiger partial charge in [-0.15, -0.1) is 0 Å². The van der Waals surface area contributed by atoms with Crippen LogP contribution in [-0.4, -0.2) is 197 Å². The van der Waals surface area contributed by atoms with Crippen molar-refractivity contribution < 1.29 is 111 Å². The summed E-state index contributed by atoms with van der Waals surface area (Å²) in [6, 6.07) is -1.12. The van der Waals surface area contributed by atoms with E-state index in [0.29, 0.717) is 49.5 Å². The number of hydrogen-bond acceptors (Lipinski definition) is 24. The quantitative estimate of drug-likeness (QED) is 0.0240. The number of rotatable bonds is 14. The topological polar surface area (TPSA) is 341 Å². The molecule has 0 aromatic rings. The number of aldehydes is 1. The first-order valence-electron chi connectivity index (χ1n) is 33.1. The molecule has 1 saturated carbocycles. The molecule has 26 nitrogen and oxygen atoms in total. The third-order valence-corrected chi connectivity index (χ3v) is 21.7. The van der Waals surface area contributed by atoms with Gasteiger partial charge in [-0.1, -0.05) is 50.6 Å². The number of aliphatic hydroxyl groups excluding tert-OH is 4. The van der Waals surface area contributed by atoms with Gasteiger partial charge in [-0.2, -0.15) is 0 Å². The molecule has 93 heavy (non-hydrogen) atoms. The number of ether oxygens (including phenoxy) is 13. The second kappa shape index (κ2) is 28.2. The Bertz CT molecular complexity index is 2960. The molecule has 6 saturated heterocycles. The Labute approximate surface area is 542 Å². The number of Topliss-reactive ketones (excluding diaryl/α,β-unsaturated/α-hetero) is 1. The predicted molar refractivity (Wildman–Crippen MR) is 325 cm³/mol. The Morgan fingerprint density at radius 3 is 2.01 bits per heavy atom. The lowest BCUT2D eigenvalue weighted by Gasteiger charge is -2.56. The Morgan fingerprint density at radius 1 is 0.720 bits per heavy atom. The number of amides is 1. The summed E-state index contributed by atoms with van der Waals surface area (Å²) < 4.78 is 81.5. The fourth-order valence-corrected chi connectivity index (χ4v) is 16.9. The molecule has 2 bridgehead atoms. The molecule has 10 rings (SSSR count). The van der Waals surface area contributed by atoms with E-state index in [0.717, 1.165) is 7.11 Å². The maximum atomic E-state index is 15.6. The zero-order valence-corrected chi connectivity index (χ0v) is 55.4. The van der Waals surface area contributed by atoms with Crippen molar-refractivity contribution in [1.29, 1.82) is 0 Å². The molecule has 7 fully saturated rings. The minimum absolute atomic E-state index is 0.00196. The van der Waals surface area contributed by atoms with Crippen LogP contribution in [0.25, 0.3) is 0 Å². The predicted octanol–water partition coefficient (Wildman–Crippen LogP) is 6.36. The summed E-state index contributed by atoms with van der Waals surface area (Å²) in [4.78, 5) is 80.4. The first-order valence-corrected chi connectivity index (χ1v) is 33.1. The lowest BCUT2D eigenvalue weighted by molar-refractivity contribution is -0.584. The van der Waals surface area contributed by atoms with Crippen LogP contribution in [0.5, 0.6) is 0 Å². The summed E-state index contributed by atoms with van der Waals surface area (Å²) in [5.74, 6) is -6.46. The van der Waals surface area contributed by atoms with Gasteiger partial charge >= 0.3 is 18.0 Å². The van der Waals surface area contributed by atoms with Crippen LogP contribution in [0.2, 0.25) is 0 Å². The molecule has 26 heteroatoms. The van der Waals surface area contributed by atoms with E-state index in [1.54, 1.807) is 33.8 Å². The van der Waals surface area contributed by atoms with Crippen molar-refractivity contribution in [3.63, 3.8) is 0 Å². The van der Waals surface area contributed by atoms with Gasteiger partial charge in [0, 0.05) is 68.1 Å². The number of aliphatic hydroxyl groups is 4. The number of nitrogens with zero attached hydrogens (tertiary/aromatic N) is 1. The summed E-state index contributed by atoms with van der Waals surface area (Å²) in [6.45, 7) is 21.0. The second-order valence-corrected chi connectivity index (χ2v) is 28.2. The number of nitrogens with one attached hydrogen (secondary N) is 1. The van der Waals surface area contributed by atoms with E-state index in [1.165, 1.54) is 19.9 Å². The first kappa shape index (κ1) is 70.7. The van der Waals surface area contributed by atoms with Crippen molar-refractivity contribution in [3.05, 3.63) is 68.5 Å². The fraction of sp³-hybridized carbons (Fsp3) is 0.776. The van der Waals surface area contributed by atoms with Gasteiger partial charge in [-0.3, -0.25) is 24.5 Å². The smallest absolute Gasteiger partial charge is 0.407 e. The summed E-state index contributed by atoms with van der Waals surface area (Å²) >= 11 is 0. The maximum absolute atomic E-state index is 15.6. The first-order chi connectivity index (χ1) is 43.9. The molecule has 10 aliphatic rings. The lowest BCUT2D eigenvalue weighted by atomic mass is 9.49. The molecule has 5 N–H and O–H groups in total. The van der Waals surface area contributed by atoms with Crippen LogP contribution < -0.4 is 5.32 Å². The van der Waals surface area contributed by atoms with Gasteiger partial charge in [0.2, 0.25) is 11.3 Å². The highest BCUT2D eigenvalue weighted by atomic mass is 16.8. The SMILES string of the molecule is COC(=O)N[C@H]1[C@@H](C)O[C@@H](O[C@H]2C/C=C(\C)[C@@H]3C=C[C@@H]4[C@@H](O[C@H]5C[C@@H](O[C@H]6CC[C@@H](O[C@H]7C[C@@H](O)[C@@H](O[C@H]8CC[C@@H](O)[C@H](C)O8)[C@H](C)O7)[C@H](C)O6)[C@@H](OC(C)=O)[C@H](C)O5)[C@@H](C)C[C@H](C)[C@H]4[C@]3(C)/C(O)=C3/C(=O)O[C@]4(CC(C=O)=C[C@H](O)[C@H]4/C=C/2C)C3=O)C[C@]1(C)[N+](=O)[O-]. The number of allylic oxidation sites excluding steroid dienone is 3. The number of ketones is 1. The molecule has 518 valence electrons. The molecule has 0 radical (unpaired) electrons. The second-order valence-electron chi connectivity index (χ2n) is 28.2. The fourth-order valence-electron chi connectivity index (χ4n) is 16.9. The maximum Gasteiger partial charge on any atom is 0.407 e. The minimum atomic E-state index is -2.20. The van der Waals surface area contributed by atoms with Crippen LogP contribution in [0, 0.1) is 51.0 Å². The van der Waals surface area contributed by atoms with Crippen molar-refractivity contribution in [2.45, 2.75) is 281 Å². The van der Waals surface area contributed by atoms with Gasteiger partial charge in [-0.05, 0) is 109 Å². The molecule has 6 aliphatic heterocycles. The number of carbonyl (C=O) groups is 5. The monoisotopic (exact) mass is 1310 g/mol. The summed E-state index contributed by atoms with van der Waals surface area (Å²) in [5, 5.41) is 62.0. The van der Waals surface area contributed by atoms with E-state index in [2.05, 4.69) is 25.2 Å². The Kier molecular flexibility index (Phi) is 21.4. The van der Waals surface area contributed by atoms with Crippen LogP contribution >= 0.6 is 0 Å². The minimum Gasteiger partial charge on any atom is -0.511 e. The average Bonchev–Trinajstić information content (AvgIpc) is 1.68. The molecule has 6 heterocycles. The van der Waals surface area contributed by atoms with Crippen molar-refractivity contribution in [1.82, 2.24) is 5.32 Å². The van der Waals surface area contributed by atoms with E-state index in [4.69, 9.17) is 61.6 Å². The van der Waals surface area contributed by atoms with Gasteiger partial charge in [0.15, 0.2) is 43.2 Å². The van der Waals surface area contributed by atoms with Crippen LogP contribution in [0.15, 0.2) is 58.4 Å². The zero-order valence-electron chi connectivity index (χ0n) is 55.4.